The van der Waals surface area contributed by atoms with Crippen LogP contribution in [0, 0.1) is 13.8 Å². The van der Waals surface area contributed by atoms with Crippen molar-refractivity contribution in [1.82, 2.24) is 0 Å². The summed E-state index contributed by atoms with van der Waals surface area (Å²) in [6.45, 7) is 3.83. The summed E-state index contributed by atoms with van der Waals surface area (Å²) in [6, 6.07) is 15.2. The SMILES string of the molecule is Cc1ccc(NC(=O)c2oc3c(c2C)/C(=N/Nc2ccccc2)CCC3)cc1Cl. The number of carbonyl (C=O) groups excluding carboxylic acids is 1. The molecule has 0 saturated heterocycles. The van der Waals surface area contributed by atoms with Gasteiger partial charge < -0.3 is 9.73 Å². The van der Waals surface area contributed by atoms with Crippen molar-refractivity contribution in [3.05, 3.63) is 81.8 Å². The highest BCUT2D eigenvalue weighted by Crippen LogP contribution is 2.31. The van der Waals surface area contributed by atoms with E-state index in [2.05, 4.69) is 15.8 Å². The first-order valence-electron chi connectivity index (χ1n) is 9.60. The lowest BCUT2D eigenvalue weighted by Gasteiger charge is -2.13. The Balaban J connectivity index is 1.60. The number of rotatable bonds is 4. The fourth-order valence-corrected chi connectivity index (χ4v) is 3.68. The normalized spacial score (nSPS) is 14.5. The summed E-state index contributed by atoms with van der Waals surface area (Å²) in [5, 5.41) is 8.08. The topological polar surface area (TPSA) is 66.6 Å². The highest BCUT2D eigenvalue weighted by Gasteiger charge is 2.28. The number of para-hydroxylation sites is 1. The van der Waals surface area contributed by atoms with Gasteiger partial charge >= 0.3 is 0 Å². The van der Waals surface area contributed by atoms with E-state index in [1.165, 1.54) is 0 Å². The molecule has 148 valence electrons. The van der Waals surface area contributed by atoms with Gasteiger partial charge in [0, 0.05) is 28.3 Å². The van der Waals surface area contributed by atoms with E-state index in [1.54, 1.807) is 6.07 Å². The third kappa shape index (κ3) is 4.05. The number of hydrogen-bond acceptors (Lipinski definition) is 4. The number of carbonyl (C=O) groups is 1. The van der Waals surface area contributed by atoms with Crippen LogP contribution in [-0.2, 0) is 6.42 Å². The predicted molar refractivity (Wildman–Crippen MR) is 117 cm³/mol. The smallest absolute Gasteiger partial charge is 0.291 e. The molecule has 1 aromatic heterocycles. The molecule has 1 aliphatic rings. The molecule has 5 nitrogen and oxygen atoms in total. The third-order valence-electron chi connectivity index (χ3n) is 5.06. The summed E-state index contributed by atoms with van der Waals surface area (Å²) in [6.07, 6.45) is 2.57. The number of fused-ring (bicyclic) bond motifs is 1. The number of benzene rings is 2. The van der Waals surface area contributed by atoms with Crippen molar-refractivity contribution in [1.29, 1.82) is 0 Å². The van der Waals surface area contributed by atoms with Crippen LogP contribution in [0.1, 0.15) is 45.8 Å². The van der Waals surface area contributed by atoms with Crippen LogP contribution >= 0.6 is 11.6 Å². The quantitative estimate of drug-likeness (QED) is 0.525. The Labute approximate surface area is 174 Å². The molecule has 1 heterocycles. The molecule has 0 radical (unpaired) electrons. The van der Waals surface area contributed by atoms with Gasteiger partial charge in [0.15, 0.2) is 5.76 Å². The maximum Gasteiger partial charge on any atom is 0.291 e. The molecule has 0 atom stereocenters. The molecule has 2 N–H and O–H groups in total. The molecule has 1 amide bonds. The lowest BCUT2D eigenvalue weighted by molar-refractivity contribution is 0.0994. The molecule has 1 aliphatic carbocycles. The molecule has 0 fully saturated rings. The van der Waals surface area contributed by atoms with E-state index >= 15 is 0 Å². The van der Waals surface area contributed by atoms with Gasteiger partial charge in [0.25, 0.3) is 5.91 Å². The fourth-order valence-electron chi connectivity index (χ4n) is 3.50. The molecule has 0 spiro atoms. The van der Waals surface area contributed by atoms with Gasteiger partial charge in [-0.05, 0) is 56.5 Å². The monoisotopic (exact) mass is 407 g/mol. The van der Waals surface area contributed by atoms with Crippen LogP contribution in [-0.4, -0.2) is 11.6 Å². The molecule has 6 heteroatoms. The number of halogens is 1. The number of hydrazone groups is 1. The van der Waals surface area contributed by atoms with E-state index < -0.39 is 0 Å². The zero-order valence-electron chi connectivity index (χ0n) is 16.4. The van der Waals surface area contributed by atoms with Crippen molar-refractivity contribution in [2.75, 3.05) is 10.7 Å². The summed E-state index contributed by atoms with van der Waals surface area (Å²) in [5.41, 5.74) is 8.28. The second-order valence-corrected chi connectivity index (χ2v) is 7.57. The van der Waals surface area contributed by atoms with E-state index in [1.807, 2.05) is 56.3 Å². The average Bonchev–Trinajstić information content (AvgIpc) is 3.07. The Morgan fingerprint density at radius 3 is 2.62 bits per heavy atom. The molecule has 4 rings (SSSR count). The fraction of sp³-hybridized carbons (Fsp3) is 0.217. The maximum atomic E-state index is 12.8. The first-order chi connectivity index (χ1) is 14.0. The number of nitrogens with zero attached hydrogens (tertiary/aromatic N) is 1. The zero-order valence-corrected chi connectivity index (χ0v) is 17.1. The maximum absolute atomic E-state index is 12.8. The number of hydrogen-bond donors (Lipinski definition) is 2. The Hall–Kier alpha value is -3.05. The lowest BCUT2D eigenvalue weighted by Crippen LogP contribution is -2.14. The molecule has 3 aromatic rings. The highest BCUT2D eigenvalue weighted by molar-refractivity contribution is 6.31. The van der Waals surface area contributed by atoms with E-state index in [-0.39, 0.29) is 5.91 Å². The summed E-state index contributed by atoms with van der Waals surface area (Å²) in [5.74, 6) is 0.850. The molecule has 0 bridgehead atoms. The number of furan rings is 1. The summed E-state index contributed by atoms with van der Waals surface area (Å²) >= 11 is 6.16. The second kappa shape index (κ2) is 8.13. The van der Waals surface area contributed by atoms with Crippen LogP contribution in [0.5, 0.6) is 0 Å². The van der Waals surface area contributed by atoms with E-state index in [0.717, 1.165) is 53.1 Å². The van der Waals surface area contributed by atoms with Gasteiger partial charge in [0.2, 0.25) is 0 Å². The number of amides is 1. The molecular formula is C23H22ClN3O2. The number of anilines is 2. The van der Waals surface area contributed by atoms with Crippen molar-refractivity contribution in [2.24, 2.45) is 5.10 Å². The van der Waals surface area contributed by atoms with Gasteiger partial charge in [-0.2, -0.15) is 5.10 Å². The number of nitrogens with one attached hydrogen (secondary N) is 2. The third-order valence-corrected chi connectivity index (χ3v) is 5.46. The Morgan fingerprint density at radius 2 is 1.86 bits per heavy atom. The van der Waals surface area contributed by atoms with Gasteiger partial charge in [-0.1, -0.05) is 35.9 Å². The van der Waals surface area contributed by atoms with Crippen molar-refractivity contribution in [3.8, 4) is 0 Å². The number of aryl methyl sites for hydroxylation is 2. The largest absolute Gasteiger partial charge is 0.455 e. The summed E-state index contributed by atoms with van der Waals surface area (Å²) in [4.78, 5) is 12.8. The molecule has 2 aromatic carbocycles. The van der Waals surface area contributed by atoms with Crippen molar-refractivity contribution < 1.29 is 9.21 Å². The van der Waals surface area contributed by atoms with Crippen molar-refractivity contribution >= 4 is 34.6 Å². The zero-order chi connectivity index (χ0) is 20.4. The highest BCUT2D eigenvalue weighted by atomic mass is 35.5. The van der Waals surface area contributed by atoms with E-state index in [4.69, 9.17) is 16.0 Å². The van der Waals surface area contributed by atoms with Crippen LogP contribution in [0.3, 0.4) is 0 Å². The Kier molecular flexibility index (Phi) is 5.41. The first kappa shape index (κ1) is 19.3. The molecule has 29 heavy (non-hydrogen) atoms. The standard InChI is InChI=1S/C23H22ClN3O2/c1-14-11-12-17(13-18(14)24)25-23(28)22-15(2)21-19(9-6-10-20(21)29-22)27-26-16-7-4-3-5-8-16/h3-5,7-8,11-13,26H,6,9-10H2,1-2H3,(H,25,28)/b27-19+. The Bertz CT molecular complexity index is 1090. The van der Waals surface area contributed by atoms with Gasteiger partial charge in [-0.25, -0.2) is 0 Å². The van der Waals surface area contributed by atoms with Crippen LogP contribution < -0.4 is 10.7 Å². The predicted octanol–water partition coefficient (Wildman–Crippen LogP) is 5.95. The van der Waals surface area contributed by atoms with Gasteiger partial charge in [-0.3, -0.25) is 10.2 Å². The van der Waals surface area contributed by atoms with Crippen LogP contribution in [0.4, 0.5) is 11.4 Å². The molecule has 0 aliphatic heterocycles. The summed E-state index contributed by atoms with van der Waals surface area (Å²) < 4.78 is 5.95. The lowest BCUT2D eigenvalue weighted by atomic mass is 9.93. The molecule has 0 unspecified atom stereocenters. The van der Waals surface area contributed by atoms with Gasteiger partial charge in [0.1, 0.15) is 5.76 Å². The van der Waals surface area contributed by atoms with Gasteiger partial charge in [-0.15, -0.1) is 0 Å². The molecule has 0 saturated carbocycles. The summed E-state index contributed by atoms with van der Waals surface area (Å²) in [7, 11) is 0. The van der Waals surface area contributed by atoms with Crippen molar-refractivity contribution in [2.45, 2.75) is 33.1 Å². The Morgan fingerprint density at radius 1 is 1.07 bits per heavy atom. The van der Waals surface area contributed by atoms with E-state index in [0.29, 0.717) is 16.5 Å². The first-order valence-corrected chi connectivity index (χ1v) is 9.98. The van der Waals surface area contributed by atoms with Crippen molar-refractivity contribution in [3.63, 3.8) is 0 Å². The minimum atomic E-state index is -0.285. The minimum absolute atomic E-state index is 0.285. The van der Waals surface area contributed by atoms with Crippen LogP contribution in [0.2, 0.25) is 5.02 Å². The van der Waals surface area contributed by atoms with Crippen LogP contribution in [0.15, 0.2) is 58.0 Å². The second-order valence-electron chi connectivity index (χ2n) is 7.16. The van der Waals surface area contributed by atoms with Gasteiger partial charge in [0.05, 0.1) is 11.4 Å². The molecular weight excluding hydrogens is 386 g/mol. The van der Waals surface area contributed by atoms with E-state index in [9.17, 15) is 4.79 Å². The average molecular weight is 408 g/mol. The van der Waals surface area contributed by atoms with Crippen LogP contribution in [0.25, 0.3) is 0 Å². The minimum Gasteiger partial charge on any atom is -0.455 e.